The number of halogens is 1. The maximum absolute atomic E-state index is 11.6. The minimum atomic E-state index is -0.863. The monoisotopic (exact) mass is 349 g/mol. The molecule has 7 heteroatoms. The fraction of sp³-hybridized carbons (Fsp3) is 0.0714. The van der Waals surface area contributed by atoms with Crippen LogP contribution in [0.4, 0.5) is 5.69 Å². The number of furan rings is 1. The fourth-order valence-corrected chi connectivity index (χ4v) is 1.71. The number of rotatable bonds is 3. The van der Waals surface area contributed by atoms with E-state index in [-0.39, 0.29) is 0 Å². The number of aryl methyl sites for hydroxylation is 1. The first-order valence-electron chi connectivity index (χ1n) is 6.01. The van der Waals surface area contributed by atoms with Crippen molar-refractivity contribution in [2.75, 3.05) is 5.32 Å². The third-order valence-electron chi connectivity index (χ3n) is 2.43. The number of nitrogens with zero attached hydrogens (tertiary/aromatic N) is 1. The zero-order valence-electron chi connectivity index (χ0n) is 11.1. The van der Waals surface area contributed by atoms with Crippen LogP contribution in [0.1, 0.15) is 11.5 Å². The van der Waals surface area contributed by atoms with E-state index in [1.165, 1.54) is 6.21 Å². The summed E-state index contributed by atoms with van der Waals surface area (Å²) >= 11 is 3.28. The normalized spacial score (nSPS) is 10.6. The number of amides is 2. The van der Waals surface area contributed by atoms with Crippen molar-refractivity contribution in [2.45, 2.75) is 6.92 Å². The number of nitrogens with one attached hydrogen (secondary N) is 2. The molecule has 0 unspecified atom stereocenters. The van der Waals surface area contributed by atoms with E-state index >= 15 is 0 Å². The van der Waals surface area contributed by atoms with Gasteiger partial charge >= 0.3 is 11.8 Å². The molecule has 108 valence electrons. The summed E-state index contributed by atoms with van der Waals surface area (Å²) in [6, 6.07) is 10.3. The predicted octanol–water partition coefficient (Wildman–Crippen LogP) is 2.44. The van der Waals surface area contributed by atoms with E-state index < -0.39 is 11.8 Å². The summed E-state index contributed by atoms with van der Waals surface area (Å²) in [5, 5.41) is 6.10. The average Bonchev–Trinajstić information content (AvgIpc) is 2.87. The third-order valence-corrected chi connectivity index (χ3v) is 2.96. The summed E-state index contributed by atoms with van der Waals surface area (Å²) in [5.41, 5.74) is 2.64. The first-order valence-corrected chi connectivity index (χ1v) is 6.80. The quantitative estimate of drug-likeness (QED) is 0.507. The first-order chi connectivity index (χ1) is 10.0. The third kappa shape index (κ3) is 4.57. The van der Waals surface area contributed by atoms with Crippen molar-refractivity contribution in [1.82, 2.24) is 5.43 Å². The van der Waals surface area contributed by atoms with Crippen molar-refractivity contribution in [1.29, 1.82) is 0 Å². The molecule has 2 rings (SSSR count). The molecule has 1 heterocycles. The highest BCUT2D eigenvalue weighted by Gasteiger charge is 2.12. The second-order valence-electron chi connectivity index (χ2n) is 4.11. The maximum Gasteiger partial charge on any atom is 0.329 e. The van der Waals surface area contributed by atoms with Crippen LogP contribution >= 0.6 is 15.9 Å². The molecule has 0 fully saturated rings. The van der Waals surface area contributed by atoms with Gasteiger partial charge in [-0.3, -0.25) is 9.59 Å². The van der Waals surface area contributed by atoms with Gasteiger partial charge in [0.25, 0.3) is 0 Å². The van der Waals surface area contributed by atoms with Crippen LogP contribution in [0.5, 0.6) is 0 Å². The molecule has 0 saturated carbocycles. The molecule has 0 bridgehead atoms. The van der Waals surface area contributed by atoms with Gasteiger partial charge < -0.3 is 9.73 Å². The summed E-state index contributed by atoms with van der Waals surface area (Å²) in [5.74, 6) is -0.445. The van der Waals surface area contributed by atoms with Crippen molar-refractivity contribution in [3.05, 3.63) is 52.4 Å². The van der Waals surface area contributed by atoms with Crippen LogP contribution in [0.3, 0.4) is 0 Å². The zero-order chi connectivity index (χ0) is 15.2. The van der Waals surface area contributed by atoms with E-state index in [1.54, 1.807) is 43.3 Å². The van der Waals surface area contributed by atoms with Crippen LogP contribution in [-0.2, 0) is 9.59 Å². The van der Waals surface area contributed by atoms with E-state index in [0.29, 0.717) is 11.4 Å². The molecule has 0 aliphatic heterocycles. The van der Waals surface area contributed by atoms with Crippen LogP contribution in [0.2, 0.25) is 0 Å². The number of carbonyl (C=O) groups excluding carboxylic acids is 2. The summed E-state index contributed by atoms with van der Waals surface area (Å²) in [7, 11) is 0. The first kappa shape index (κ1) is 15.0. The van der Waals surface area contributed by atoms with E-state index in [9.17, 15) is 9.59 Å². The minimum absolute atomic E-state index is 0.487. The van der Waals surface area contributed by atoms with E-state index in [2.05, 4.69) is 31.8 Å². The lowest BCUT2D eigenvalue weighted by atomic mass is 10.3. The molecule has 0 atom stereocenters. The Bertz CT molecular complexity index is 677. The lowest BCUT2D eigenvalue weighted by Crippen LogP contribution is -2.32. The number of hydrogen-bond donors (Lipinski definition) is 2. The summed E-state index contributed by atoms with van der Waals surface area (Å²) in [6.45, 7) is 1.79. The Hall–Kier alpha value is -2.41. The van der Waals surface area contributed by atoms with Gasteiger partial charge in [-0.15, -0.1) is 0 Å². The number of anilines is 1. The Morgan fingerprint density at radius 3 is 2.48 bits per heavy atom. The van der Waals surface area contributed by atoms with Crippen molar-refractivity contribution in [2.24, 2.45) is 5.10 Å². The average molecular weight is 350 g/mol. The second-order valence-corrected chi connectivity index (χ2v) is 5.02. The molecular weight excluding hydrogens is 338 g/mol. The molecule has 0 aliphatic rings. The Morgan fingerprint density at radius 1 is 1.14 bits per heavy atom. The molecule has 6 nitrogen and oxygen atoms in total. The van der Waals surface area contributed by atoms with E-state index in [0.717, 1.165) is 10.2 Å². The van der Waals surface area contributed by atoms with Crippen molar-refractivity contribution < 1.29 is 14.0 Å². The SMILES string of the molecule is Cc1ccc(C=NNC(=O)C(=O)Nc2ccc(Br)cc2)o1. The van der Waals surface area contributed by atoms with E-state index in [1.807, 2.05) is 0 Å². The molecule has 0 aliphatic carbocycles. The second kappa shape index (κ2) is 6.85. The van der Waals surface area contributed by atoms with Gasteiger partial charge in [-0.25, -0.2) is 5.43 Å². The minimum Gasteiger partial charge on any atom is -0.460 e. The van der Waals surface area contributed by atoms with Crippen molar-refractivity contribution in [3.63, 3.8) is 0 Å². The molecule has 0 spiro atoms. The summed E-state index contributed by atoms with van der Waals surface area (Å²) < 4.78 is 6.11. The van der Waals surface area contributed by atoms with Gasteiger partial charge in [0.15, 0.2) is 0 Å². The molecule has 2 amide bonds. The smallest absolute Gasteiger partial charge is 0.329 e. The topological polar surface area (TPSA) is 83.7 Å². The van der Waals surface area contributed by atoms with Crippen LogP contribution in [0, 0.1) is 6.92 Å². The van der Waals surface area contributed by atoms with Gasteiger partial charge in [-0.1, -0.05) is 15.9 Å². The fourth-order valence-electron chi connectivity index (χ4n) is 1.45. The molecule has 0 radical (unpaired) electrons. The summed E-state index contributed by atoms with van der Waals surface area (Å²) in [6.07, 6.45) is 1.32. The highest BCUT2D eigenvalue weighted by molar-refractivity contribution is 9.10. The Morgan fingerprint density at radius 2 is 1.86 bits per heavy atom. The number of hydrazone groups is 1. The summed E-state index contributed by atoms with van der Waals surface area (Å²) in [4.78, 5) is 23.1. The zero-order valence-corrected chi connectivity index (χ0v) is 12.7. The molecule has 0 saturated heterocycles. The molecule has 2 aromatic rings. The lowest BCUT2D eigenvalue weighted by molar-refractivity contribution is -0.136. The molecular formula is C14H12BrN3O3. The predicted molar refractivity (Wildman–Crippen MR) is 82.0 cm³/mol. The van der Waals surface area contributed by atoms with Gasteiger partial charge in [0.2, 0.25) is 0 Å². The standard InChI is InChI=1S/C14H12BrN3O3/c1-9-2-7-12(21-9)8-16-18-14(20)13(19)17-11-5-3-10(15)4-6-11/h2-8H,1H3,(H,17,19)(H,18,20). The van der Waals surface area contributed by atoms with E-state index in [4.69, 9.17) is 4.42 Å². The Balaban J connectivity index is 1.86. The molecule has 2 N–H and O–H groups in total. The number of benzene rings is 1. The molecule has 1 aromatic heterocycles. The Labute approximate surface area is 129 Å². The Kier molecular flexibility index (Phi) is 4.89. The largest absolute Gasteiger partial charge is 0.460 e. The van der Waals surface area contributed by atoms with Gasteiger partial charge in [-0.2, -0.15) is 5.10 Å². The van der Waals surface area contributed by atoms with Crippen molar-refractivity contribution in [3.8, 4) is 0 Å². The molecule has 1 aromatic carbocycles. The van der Waals surface area contributed by atoms with Gasteiger partial charge in [-0.05, 0) is 43.3 Å². The van der Waals surface area contributed by atoms with Gasteiger partial charge in [0, 0.05) is 10.2 Å². The van der Waals surface area contributed by atoms with Gasteiger partial charge in [0.05, 0.1) is 6.21 Å². The number of hydrogen-bond acceptors (Lipinski definition) is 4. The van der Waals surface area contributed by atoms with Crippen molar-refractivity contribution >= 4 is 39.6 Å². The highest BCUT2D eigenvalue weighted by Crippen LogP contribution is 2.13. The highest BCUT2D eigenvalue weighted by atomic mass is 79.9. The van der Waals surface area contributed by atoms with Crippen LogP contribution in [0.15, 0.2) is 50.4 Å². The van der Waals surface area contributed by atoms with Gasteiger partial charge in [0.1, 0.15) is 11.5 Å². The van der Waals surface area contributed by atoms with Crippen LogP contribution in [0.25, 0.3) is 0 Å². The maximum atomic E-state index is 11.6. The molecule has 21 heavy (non-hydrogen) atoms. The van der Waals surface area contributed by atoms with Crippen LogP contribution in [-0.4, -0.2) is 18.0 Å². The number of carbonyl (C=O) groups is 2. The van der Waals surface area contributed by atoms with Crippen LogP contribution < -0.4 is 10.7 Å². The lowest BCUT2D eigenvalue weighted by Gasteiger charge is -2.03.